The van der Waals surface area contributed by atoms with Crippen LogP contribution >= 0.6 is 0 Å². The lowest BCUT2D eigenvalue weighted by Crippen LogP contribution is -2.51. The van der Waals surface area contributed by atoms with Crippen molar-refractivity contribution in [3.05, 3.63) is 12.2 Å². The number of nitrogens with two attached hydrogens (primary N) is 1. The van der Waals surface area contributed by atoms with Crippen molar-refractivity contribution in [2.24, 2.45) is 5.73 Å². The van der Waals surface area contributed by atoms with Crippen LogP contribution in [0.15, 0.2) is 12.2 Å². The van der Waals surface area contributed by atoms with Gasteiger partial charge >= 0.3 is 5.97 Å². The molecule has 0 spiro atoms. The van der Waals surface area contributed by atoms with E-state index in [-0.39, 0.29) is 25.8 Å². The molecule has 3 amide bonds. The minimum Gasteiger partial charge on any atom is -0.481 e. The van der Waals surface area contributed by atoms with Gasteiger partial charge in [-0.05, 0) is 13.0 Å². The summed E-state index contributed by atoms with van der Waals surface area (Å²) >= 11 is 0. The molecule has 0 radical (unpaired) electrons. The molecule has 0 saturated heterocycles. The topological polar surface area (TPSA) is 130 Å². The molecule has 0 rings (SSSR count). The number of carboxylic acid groups (broad SMARTS) is 1. The van der Waals surface area contributed by atoms with Crippen LogP contribution in [0.2, 0.25) is 0 Å². The van der Waals surface area contributed by atoms with E-state index >= 15 is 0 Å². The Hall–Kier alpha value is -2.22. The van der Waals surface area contributed by atoms with Crippen LogP contribution in [0.4, 0.5) is 0 Å². The Morgan fingerprint density at radius 1 is 1.37 bits per heavy atom. The van der Waals surface area contributed by atoms with Crippen LogP contribution in [0.1, 0.15) is 19.8 Å². The molecular weight excluding hydrogens is 254 g/mol. The molecule has 0 aromatic rings. The molecule has 1 atom stereocenters. The van der Waals surface area contributed by atoms with E-state index in [1.807, 2.05) is 0 Å². The second kappa shape index (κ2) is 8.81. The molecule has 0 aliphatic carbocycles. The second-order valence-electron chi connectivity index (χ2n) is 3.62. The summed E-state index contributed by atoms with van der Waals surface area (Å²) in [5.74, 6) is -2.19. The van der Waals surface area contributed by atoms with E-state index in [4.69, 9.17) is 10.8 Å². The summed E-state index contributed by atoms with van der Waals surface area (Å²) in [6, 6.07) is 0. The van der Waals surface area contributed by atoms with E-state index in [9.17, 15) is 19.2 Å². The van der Waals surface area contributed by atoms with Gasteiger partial charge in [0.25, 0.3) is 5.91 Å². The first-order valence-corrected chi connectivity index (χ1v) is 5.56. The molecule has 0 bridgehead atoms. The van der Waals surface area contributed by atoms with Crippen LogP contribution in [0.25, 0.3) is 0 Å². The number of imide groups is 1. The number of rotatable bonds is 8. The fraction of sp³-hybridized carbons (Fsp3) is 0.455. The Balaban J connectivity index is 4.24. The number of amides is 3. The lowest BCUT2D eigenvalue weighted by atomic mass is 10.3. The largest absolute Gasteiger partial charge is 0.481 e. The highest BCUT2D eigenvalue weighted by atomic mass is 16.4. The summed E-state index contributed by atoms with van der Waals surface area (Å²) in [5.41, 5.74) is 5.57. The molecule has 8 nitrogen and oxygen atoms in total. The number of carbonyl (C=O) groups excluding carboxylic acids is 3. The van der Waals surface area contributed by atoms with Crippen molar-refractivity contribution in [3.8, 4) is 0 Å². The Morgan fingerprint density at radius 3 is 2.47 bits per heavy atom. The van der Waals surface area contributed by atoms with Crippen molar-refractivity contribution < 1.29 is 24.3 Å². The number of allylic oxidation sites excluding steroid dienone is 1. The average molecular weight is 271 g/mol. The van der Waals surface area contributed by atoms with Crippen LogP contribution in [-0.2, 0) is 19.2 Å². The number of carboxylic acids is 1. The van der Waals surface area contributed by atoms with Gasteiger partial charge in [0.15, 0.2) is 0 Å². The van der Waals surface area contributed by atoms with E-state index in [1.165, 1.54) is 12.2 Å². The van der Waals surface area contributed by atoms with E-state index in [1.54, 1.807) is 6.92 Å². The van der Waals surface area contributed by atoms with Gasteiger partial charge in [0, 0.05) is 6.42 Å². The molecule has 4 N–H and O–H groups in total. The van der Waals surface area contributed by atoms with Gasteiger partial charge in [0.05, 0.1) is 13.0 Å². The highest BCUT2D eigenvalue weighted by molar-refractivity contribution is 5.94. The quantitative estimate of drug-likeness (QED) is 0.289. The Kier molecular flexibility index (Phi) is 7.78. The lowest BCUT2D eigenvalue weighted by Gasteiger charge is -2.21. The summed E-state index contributed by atoms with van der Waals surface area (Å²) in [6.45, 7) is 1.47. The third-order valence-electron chi connectivity index (χ3n) is 2.11. The first-order chi connectivity index (χ1) is 8.92. The maximum Gasteiger partial charge on any atom is 0.303 e. The standard InChI is InChI=1S/C11H17N3O5/c1-2-3-10(17)14(7-15)8(12)6-13-9(16)4-5-11(18)19/h2-3,7-8H,4-6,12H2,1H3,(H,13,16)(H,18,19)/b3-2-. The summed E-state index contributed by atoms with van der Waals surface area (Å²) < 4.78 is 0. The zero-order valence-electron chi connectivity index (χ0n) is 10.5. The summed E-state index contributed by atoms with van der Waals surface area (Å²) in [6.07, 6.45) is 1.41. The molecule has 0 aromatic carbocycles. The van der Waals surface area contributed by atoms with Gasteiger partial charge < -0.3 is 16.2 Å². The second-order valence-corrected chi connectivity index (χ2v) is 3.62. The van der Waals surface area contributed by atoms with E-state index < -0.39 is 23.9 Å². The Morgan fingerprint density at radius 2 is 2.00 bits per heavy atom. The summed E-state index contributed by atoms with van der Waals surface area (Å²) in [4.78, 5) is 44.3. The van der Waals surface area contributed by atoms with Gasteiger partial charge in [-0.25, -0.2) is 0 Å². The first kappa shape index (κ1) is 16.8. The van der Waals surface area contributed by atoms with Crippen molar-refractivity contribution in [2.45, 2.75) is 25.9 Å². The van der Waals surface area contributed by atoms with Gasteiger partial charge in [-0.2, -0.15) is 0 Å². The predicted molar refractivity (Wildman–Crippen MR) is 65.6 cm³/mol. The third kappa shape index (κ3) is 6.94. The third-order valence-corrected chi connectivity index (χ3v) is 2.11. The molecule has 0 heterocycles. The van der Waals surface area contributed by atoms with Gasteiger partial charge in [-0.1, -0.05) is 6.08 Å². The molecule has 0 saturated carbocycles. The number of nitrogens with one attached hydrogen (secondary N) is 1. The zero-order valence-corrected chi connectivity index (χ0v) is 10.5. The lowest BCUT2D eigenvalue weighted by molar-refractivity contribution is -0.138. The van der Waals surface area contributed by atoms with Crippen molar-refractivity contribution in [2.75, 3.05) is 6.54 Å². The van der Waals surface area contributed by atoms with Crippen LogP contribution in [0.5, 0.6) is 0 Å². The van der Waals surface area contributed by atoms with Crippen LogP contribution in [-0.4, -0.2) is 46.9 Å². The molecule has 0 fully saturated rings. The van der Waals surface area contributed by atoms with Gasteiger partial charge in [0.1, 0.15) is 6.17 Å². The monoisotopic (exact) mass is 271 g/mol. The summed E-state index contributed by atoms with van der Waals surface area (Å²) in [5, 5.41) is 10.7. The smallest absolute Gasteiger partial charge is 0.303 e. The van der Waals surface area contributed by atoms with Crippen molar-refractivity contribution >= 4 is 24.2 Å². The van der Waals surface area contributed by atoms with Crippen molar-refractivity contribution in [3.63, 3.8) is 0 Å². The van der Waals surface area contributed by atoms with Crippen LogP contribution in [0.3, 0.4) is 0 Å². The van der Waals surface area contributed by atoms with Crippen LogP contribution in [0, 0.1) is 0 Å². The van der Waals surface area contributed by atoms with Crippen LogP contribution < -0.4 is 11.1 Å². The fourth-order valence-electron chi connectivity index (χ4n) is 1.15. The minimum absolute atomic E-state index is 0.138. The molecule has 106 valence electrons. The molecule has 0 aromatic heterocycles. The molecule has 0 aliphatic rings. The fourth-order valence-corrected chi connectivity index (χ4v) is 1.15. The highest BCUT2D eigenvalue weighted by Crippen LogP contribution is 1.94. The number of aliphatic carboxylic acids is 1. The van der Waals surface area contributed by atoms with Gasteiger partial charge in [-0.3, -0.25) is 24.1 Å². The average Bonchev–Trinajstić information content (AvgIpc) is 2.35. The maximum absolute atomic E-state index is 11.4. The Bertz CT molecular complexity index is 381. The van der Waals surface area contributed by atoms with Gasteiger partial charge in [0.2, 0.25) is 12.3 Å². The molecule has 0 aliphatic heterocycles. The minimum atomic E-state index is -1.09. The predicted octanol–water partition coefficient (Wildman–Crippen LogP) is -1.19. The molecule has 1 unspecified atom stereocenters. The molecule has 19 heavy (non-hydrogen) atoms. The summed E-state index contributed by atoms with van der Waals surface area (Å²) in [7, 11) is 0. The van der Waals surface area contributed by atoms with E-state index in [2.05, 4.69) is 5.32 Å². The Labute approximate surface area is 110 Å². The number of carbonyl (C=O) groups is 4. The molecule has 8 heteroatoms. The van der Waals surface area contributed by atoms with E-state index in [0.717, 1.165) is 4.90 Å². The normalized spacial score (nSPS) is 11.9. The zero-order chi connectivity index (χ0) is 14.8. The van der Waals surface area contributed by atoms with Crippen molar-refractivity contribution in [1.29, 1.82) is 0 Å². The number of nitrogens with zero attached hydrogens (tertiary/aromatic N) is 1. The maximum atomic E-state index is 11.4. The van der Waals surface area contributed by atoms with Gasteiger partial charge in [-0.15, -0.1) is 0 Å². The number of hydrogen-bond donors (Lipinski definition) is 3. The van der Waals surface area contributed by atoms with Crippen molar-refractivity contribution in [1.82, 2.24) is 10.2 Å². The molecular formula is C11H17N3O5. The van der Waals surface area contributed by atoms with E-state index in [0.29, 0.717) is 0 Å². The number of hydrogen-bond acceptors (Lipinski definition) is 5. The highest BCUT2D eigenvalue weighted by Gasteiger charge is 2.18. The SMILES string of the molecule is C/C=C\C(=O)N(C=O)C(N)CNC(=O)CCC(=O)O. The first-order valence-electron chi connectivity index (χ1n) is 5.56.